The molecule has 1 fully saturated rings. The lowest BCUT2D eigenvalue weighted by molar-refractivity contribution is -0.141. The molecule has 3 amide bonds. The lowest BCUT2D eigenvalue weighted by atomic mass is 10.0. The molecule has 35 heavy (non-hydrogen) atoms. The number of anilines is 1. The fourth-order valence-electron chi connectivity index (χ4n) is 4.33. The summed E-state index contributed by atoms with van der Waals surface area (Å²) < 4.78 is 10.2. The van der Waals surface area contributed by atoms with Gasteiger partial charge in [-0.3, -0.25) is 14.4 Å². The summed E-state index contributed by atoms with van der Waals surface area (Å²) in [5, 5.41) is 9.54. The van der Waals surface area contributed by atoms with Gasteiger partial charge < -0.3 is 24.8 Å². The van der Waals surface area contributed by atoms with Gasteiger partial charge in [-0.05, 0) is 43.9 Å². The van der Waals surface area contributed by atoms with E-state index in [2.05, 4.69) is 15.8 Å². The normalized spacial score (nSPS) is 14.4. The van der Waals surface area contributed by atoms with Crippen molar-refractivity contribution >= 4 is 23.5 Å². The van der Waals surface area contributed by atoms with Crippen molar-refractivity contribution in [3.8, 4) is 5.75 Å². The van der Waals surface area contributed by atoms with Crippen LogP contribution in [0.15, 0.2) is 34.9 Å². The number of rotatable bonds is 12. The van der Waals surface area contributed by atoms with E-state index in [0.717, 1.165) is 38.5 Å². The fraction of sp³-hybridized carbons (Fsp3) is 0.538. The predicted molar refractivity (Wildman–Crippen MR) is 132 cm³/mol. The third kappa shape index (κ3) is 7.56. The zero-order valence-corrected chi connectivity index (χ0v) is 20.8. The van der Waals surface area contributed by atoms with Crippen LogP contribution >= 0.6 is 0 Å². The zero-order valence-electron chi connectivity index (χ0n) is 20.8. The molecule has 1 aliphatic carbocycles. The number of hydrogen-bond donors (Lipinski definition) is 2. The van der Waals surface area contributed by atoms with E-state index in [1.807, 2.05) is 19.1 Å². The maximum absolute atomic E-state index is 13.5. The molecule has 1 saturated carbocycles. The van der Waals surface area contributed by atoms with Gasteiger partial charge in [-0.1, -0.05) is 43.5 Å². The molecular weight excluding hydrogens is 448 g/mol. The van der Waals surface area contributed by atoms with Crippen molar-refractivity contribution in [1.29, 1.82) is 0 Å². The highest BCUT2D eigenvalue weighted by molar-refractivity contribution is 5.94. The highest BCUT2D eigenvalue weighted by atomic mass is 16.5. The van der Waals surface area contributed by atoms with E-state index >= 15 is 0 Å². The Hall–Kier alpha value is -3.36. The second kappa shape index (κ2) is 12.9. The van der Waals surface area contributed by atoms with Gasteiger partial charge >= 0.3 is 0 Å². The molecule has 0 unspecified atom stereocenters. The van der Waals surface area contributed by atoms with Crippen molar-refractivity contribution in [2.45, 2.75) is 77.3 Å². The standard InChI is InChI=1S/C26H36N4O5/c1-4-5-16-30(24(32)15-14-23(31)28-22-17-18(2)35-29-22)25(19-10-12-21(34-3)13-11-19)26(33)27-20-8-6-7-9-20/h10-13,17,20,25H,4-9,14-16H2,1-3H3,(H,27,33)(H,28,29,31)/t25-/m0/s1. The maximum atomic E-state index is 13.5. The highest BCUT2D eigenvalue weighted by Crippen LogP contribution is 2.27. The zero-order chi connectivity index (χ0) is 25.2. The quantitative estimate of drug-likeness (QED) is 0.468. The second-order valence-corrected chi connectivity index (χ2v) is 8.98. The third-order valence-corrected chi connectivity index (χ3v) is 6.23. The number of unbranched alkanes of at least 4 members (excludes halogenated alkanes) is 1. The number of hydrogen-bond acceptors (Lipinski definition) is 6. The second-order valence-electron chi connectivity index (χ2n) is 8.98. The van der Waals surface area contributed by atoms with Crippen LogP contribution in [0.3, 0.4) is 0 Å². The van der Waals surface area contributed by atoms with Crippen LogP contribution in [0, 0.1) is 6.92 Å². The Bertz CT molecular complexity index is 982. The van der Waals surface area contributed by atoms with Gasteiger partial charge in [0.25, 0.3) is 0 Å². The molecule has 2 N–H and O–H groups in total. The van der Waals surface area contributed by atoms with Crippen LogP contribution in [-0.4, -0.2) is 47.5 Å². The van der Waals surface area contributed by atoms with E-state index in [0.29, 0.717) is 29.4 Å². The van der Waals surface area contributed by atoms with Crippen LogP contribution in [-0.2, 0) is 14.4 Å². The largest absolute Gasteiger partial charge is 0.497 e. The number of aryl methyl sites for hydroxylation is 1. The minimum absolute atomic E-state index is 0.0181. The number of nitrogens with one attached hydrogen (secondary N) is 2. The van der Waals surface area contributed by atoms with E-state index in [9.17, 15) is 14.4 Å². The lowest BCUT2D eigenvalue weighted by Crippen LogP contribution is -2.46. The van der Waals surface area contributed by atoms with Crippen LogP contribution < -0.4 is 15.4 Å². The average Bonchev–Trinajstić information content (AvgIpc) is 3.51. The van der Waals surface area contributed by atoms with E-state index in [1.165, 1.54) is 0 Å². The molecule has 190 valence electrons. The lowest BCUT2D eigenvalue weighted by Gasteiger charge is -2.32. The number of aromatic nitrogens is 1. The van der Waals surface area contributed by atoms with E-state index < -0.39 is 6.04 Å². The molecule has 0 saturated heterocycles. The van der Waals surface area contributed by atoms with Crippen molar-refractivity contribution in [3.05, 3.63) is 41.7 Å². The molecule has 2 aromatic rings. The Balaban J connectivity index is 1.77. The van der Waals surface area contributed by atoms with Gasteiger partial charge in [-0.2, -0.15) is 0 Å². The molecule has 1 atom stereocenters. The summed E-state index contributed by atoms with van der Waals surface area (Å²) in [7, 11) is 1.59. The van der Waals surface area contributed by atoms with Crippen molar-refractivity contribution in [2.75, 3.05) is 19.0 Å². The Morgan fingerprint density at radius 2 is 1.89 bits per heavy atom. The smallest absolute Gasteiger partial charge is 0.247 e. The molecule has 3 rings (SSSR count). The van der Waals surface area contributed by atoms with Crippen molar-refractivity contribution in [1.82, 2.24) is 15.4 Å². The van der Waals surface area contributed by atoms with Gasteiger partial charge in [-0.15, -0.1) is 0 Å². The molecule has 1 aromatic heterocycles. The van der Waals surface area contributed by atoms with E-state index in [-0.39, 0.29) is 36.6 Å². The first-order chi connectivity index (χ1) is 16.9. The minimum Gasteiger partial charge on any atom is -0.497 e. The average molecular weight is 485 g/mol. The van der Waals surface area contributed by atoms with Gasteiger partial charge in [0.05, 0.1) is 7.11 Å². The van der Waals surface area contributed by atoms with Crippen molar-refractivity contribution < 1.29 is 23.6 Å². The molecule has 0 aliphatic heterocycles. The number of benzene rings is 1. The SMILES string of the molecule is CCCCN(C(=O)CCC(=O)Nc1cc(C)on1)[C@H](C(=O)NC1CCCC1)c1ccc(OC)cc1. The first-order valence-corrected chi connectivity index (χ1v) is 12.4. The number of carbonyl (C=O) groups excluding carboxylic acids is 3. The van der Waals surface area contributed by atoms with Gasteiger partial charge in [0.1, 0.15) is 17.6 Å². The summed E-state index contributed by atoms with van der Waals surface area (Å²) in [5.74, 6) is 0.808. The van der Waals surface area contributed by atoms with Crippen molar-refractivity contribution in [3.63, 3.8) is 0 Å². The minimum atomic E-state index is -0.776. The summed E-state index contributed by atoms with van der Waals surface area (Å²) in [6.45, 7) is 4.19. The Labute approximate surface area is 206 Å². The molecule has 9 nitrogen and oxygen atoms in total. The summed E-state index contributed by atoms with van der Waals surface area (Å²) in [6.07, 6.45) is 5.67. The number of nitrogens with zero attached hydrogens (tertiary/aromatic N) is 2. The first-order valence-electron chi connectivity index (χ1n) is 12.4. The molecule has 0 bridgehead atoms. The van der Waals surface area contributed by atoms with E-state index in [1.54, 1.807) is 37.1 Å². The molecule has 1 heterocycles. The molecule has 0 spiro atoms. The summed E-state index contributed by atoms with van der Waals surface area (Å²) in [4.78, 5) is 40.9. The maximum Gasteiger partial charge on any atom is 0.247 e. The van der Waals surface area contributed by atoms with Crippen LogP contribution in [0.1, 0.15) is 75.7 Å². The van der Waals surface area contributed by atoms with Gasteiger partial charge in [0.15, 0.2) is 5.82 Å². The summed E-state index contributed by atoms with van der Waals surface area (Å²) in [5.41, 5.74) is 0.716. The van der Waals surface area contributed by atoms with Crippen LogP contribution in [0.5, 0.6) is 5.75 Å². The number of methoxy groups -OCH3 is 1. The van der Waals surface area contributed by atoms with Crippen LogP contribution in [0.25, 0.3) is 0 Å². The molecule has 0 radical (unpaired) electrons. The molecule has 1 aliphatic rings. The number of ether oxygens (including phenoxy) is 1. The van der Waals surface area contributed by atoms with E-state index in [4.69, 9.17) is 9.26 Å². The first kappa shape index (κ1) is 26.2. The van der Waals surface area contributed by atoms with Gasteiger partial charge in [-0.25, -0.2) is 0 Å². The van der Waals surface area contributed by atoms with Crippen molar-refractivity contribution in [2.24, 2.45) is 0 Å². The third-order valence-electron chi connectivity index (χ3n) is 6.23. The van der Waals surface area contributed by atoms with Gasteiger partial charge in [0, 0.05) is 31.5 Å². The fourth-order valence-corrected chi connectivity index (χ4v) is 4.33. The molecule has 9 heteroatoms. The monoisotopic (exact) mass is 484 g/mol. The number of amides is 3. The summed E-state index contributed by atoms with van der Waals surface area (Å²) in [6, 6.07) is 8.19. The molecule has 1 aromatic carbocycles. The molecular formula is C26H36N4O5. The van der Waals surface area contributed by atoms with Gasteiger partial charge in [0.2, 0.25) is 17.7 Å². The summed E-state index contributed by atoms with van der Waals surface area (Å²) >= 11 is 0. The Morgan fingerprint density at radius 3 is 2.49 bits per heavy atom. The van der Waals surface area contributed by atoms with Crippen LogP contribution in [0.2, 0.25) is 0 Å². The topological polar surface area (TPSA) is 114 Å². The van der Waals surface area contributed by atoms with Crippen LogP contribution in [0.4, 0.5) is 5.82 Å². The number of carbonyl (C=O) groups is 3. The highest BCUT2D eigenvalue weighted by Gasteiger charge is 2.33. The predicted octanol–water partition coefficient (Wildman–Crippen LogP) is 4.14. The Kier molecular flexibility index (Phi) is 9.69. The Morgan fingerprint density at radius 1 is 1.17 bits per heavy atom.